The lowest BCUT2D eigenvalue weighted by Crippen LogP contribution is -2.21. The van der Waals surface area contributed by atoms with Gasteiger partial charge in [0.25, 0.3) is 10.0 Å². The van der Waals surface area contributed by atoms with E-state index in [1.54, 1.807) is 0 Å². The lowest BCUT2D eigenvalue weighted by atomic mass is 10.1. The molecule has 6 nitrogen and oxygen atoms in total. The van der Waals surface area contributed by atoms with Crippen molar-refractivity contribution in [1.82, 2.24) is 4.31 Å². The van der Waals surface area contributed by atoms with Crippen LogP contribution in [0.3, 0.4) is 0 Å². The zero-order valence-corrected chi connectivity index (χ0v) is 16.5. The summed E-state index contributed by atoms with van der Waals surface area (Å²) in [5, 5.41) is 2.08. The van der Waals surface area contributed by atoms with Crippen LogP contribution in [-0.4, -0.2) is 38.5 Å². The number of ether oxygens (including phenoxy) is 1. The van der Waals surface area contributed by atoms with Crippen molar-refractivity contribution in [2.75, 3.05) is 19.8 Å². The number of carbonyl (C=O) groups is 1. The number of fused-ring (bicyclic) bond motifs is 1. The quantitative estimate of drug-likeness (QED) is 0.442. The first-order valence-corrected chi connectivity index (χ1v) is 10.6. The van der Waals surface area contributed by atoms with Crippen molar-refractivity contribution in [2.24, 2.45) is 0 Å². The molecule has 0 atom stereocenters. The summed E-state index contributed by atoms with van der Waals surface area (Å²) < 4.78 is 35.4. The van der Waals surface area contributed by atoms with Crippen LogP contribution in [0.4, 0.5) is 0 Å². The van der Waals surface area contributed by atoms with Crippen LogP contribution in [0.2, 0.25) is 0 Å². The number of benzene rings is 2. The molecule has 2 aromatic carbocycles. The monoisotopic (exact) mass is 405 g/mol. The number of hydrogen-bond donors (Lipinski definition) is 0. The maximum absolute atomic E-state index is 12.0. The molecule has 0 amide bonds. The van der Waals surface area contributed by atoms with E-state index in [0.29, 0.717) is 0 Å². The highest BCUT2D eigenvalue weighted by atomic mass is 32.2. The molecule has 1 heterocycles. The van der Waals surface area contributed by atoms with Gasteiger partial charge >= 0.3 is 5.97 Å². The Morgan fingerprint density at radius 3 is 2.56 bits per heavy atom. The number of hydrogen-bond acceptors (Lipinski definition) is 6. The molecule has 1 aromatic heterocycles. The Bertz CT molecular complexity index is 1060. The molecular weight excluding hydrogens is 386 g/mol. The van der Waals surface area contributed by atoms with Crippen molar-refractivity contribution in [3.8, 4) is 0 Å². The van der Waals surface area contributed by atoms with Crippen molar-refractivity contribution in [1.29, 1.82) is 0 Å². The molecule has 0 aliphatic rings. The smallest absolute Gasteiger partial charge is 0.316 e. The average Bonchev–Trinajstić information content (AvgIpc) is 3.14. The van der Waals surface area contributed by atoms with Gasteiger partial charge in [-0.25, -0.2) is 12.7 Å². The van der Waals surface area contributed by atoms with Crippen LogP contribution in [0, 0.1) is 0 Å². The highest BCUT2D eigenvalue weighted by molar-refractivity contribution is 8.00. The predicted molar refractivity (Wildman–Crippen MR) is 104 cm³/mol. The molecule has 0 saturated carbocycles. The van der Waals surface area contributed by atoms with Gasteiger partial charge in [-0.3, -0.25) is 4.79 Å². The molecule has 0 saturated heterocycles. The molecule has 27 heavy (non-hydrogen) atoms. The van der Waals surface area contributed by atoms with Crippen molar-refractivity contribution in [3.05, 3.63) is 60.4 Å². The first-order chi connectivity index (χ1) is 12.9. The highest BCUT2D eigenvalue weighted by Gasteiger charge is 2.21. The van der Waals surface area contributed by atoms with E-state index in [4.69, 9.17) is 9.15 Å². The Morgan fingerprint density at radius 1 is 1.07 bits per heavy atom. The fourth-order valence-electron chi connectivity index (χ4n) is 2.35. The summed E-state index contributed by atoms with van der Waals surface area (Å²) in [5.41, 5.74) is 0. The minimum atomic E-state index is -3.64. The van der Waals surface area contributed by atoms with Gasteiger partial charge in [-0.1, -0.05) is 30.3 Å². The van der Waals surface area contributed by atoms with Gasteiger partial charge in [-0.15, -0.1) is 11.8 Å². The summed E-state index contributed by atoms with van der Waals surface area (Å²) >= 11 is 1.38. The summed E-state index contributed by atoms with van der Waals surface area (Å²) in [4.78, 5) is 12.9. The zero-order valence-electron chi connectivity index (χ0n) is 14.9. The van der Waals surface area contributed by atoms with E-state index >= 15 is 0 Å². The van der Waals surface area contributed by atoms with Crippen LogP contribution < -0.4 is 0 Å². The van der Waals surface area contributed by atoms with Gasteiger partial charge < -0.3 is 9.15 Å². The SMILES string of the molecule is CN(C)S(=O)(=O)c1ccc(COC(=O)CSc2ccc3ccccc3c2)o1. The minimum Gasteiger partial charge on any atom is -0.457 e. The third-order valence-corrected chi connectivity index (χ3v) is 6.48. The van der Waals surface area contributed by atoms with Crippen molar-refractivity contribution in [3.63, 3.8) is 0 Å². The minimum absolute atomic E-state index is 0.111. The standard InChI is InChI=1S/C19H19NO5S2/c1-20(2)27(22,23)19-10-8-16(25-19)12-24-18(21)13-26-17-9-7-14-5-3-4-6-15(14)11-17/h3-11H,12-13H2,1-2H3. The van der Waals surface area contributed by atoms with Crippen LogP contribution in [-0.2, 0) is 26.2 Å². The Balaban J connectivity index is 1.53. The average molecular weight is 405 g/mol. The zero-order chi connectivity index (χ0) is 19.4. The molecule has 0 aliphatic heterocycles. The Morgan fingerprint density at radius 2 is 1.81 bits per heavy atom. The summed E-state index contributed by atoms with van der Waals surface area (Å²) in [5.74, 6) is 0.0306. The second-order valence-electron chi connectivity index (χ2n) is 5.97. The van der Waals surface area contributed by atoms with E-state index in [1.165, 1.54) is 38.0 Å². The number of carbonyl (C=O) groups excluding carboxylic acids is 1. The molecule has 0 bridgehead atoms. The fraction of sp³-hybridized carbons (Fsp3) is 0.211. The fourth-order valence-corrected chi connectivity index (χ4v) is 3.90. The molecule has 0 aliphatic carbocycles. The molecule has 3 aromatic rings. The molecular formula is C19H19NO5S2. The van der Waals surface area contributed by atoms with Gasteiger partial charge in [0, 0.05) is 19.0 Å². The Kier molecular flexibility index (Phi) is 5.88. The largest absolute Gasteiger partial charge is 0.457 e. The maximum atomic E-state index is 12.0. The Hall–Kier alpha value is -2.29. The molecule has 0 fully saturated rings. The Labute approximate surface area is 162 Å². The van der Waals surface area contributed by atoms with Gasteiger partial charge in [0.15, 0.2) is 0 Å². The summed E-state index contributed by atoms with van der Waals surface area (Å²) in [6.45, 7) is -0.111. The van der Waals surface area contributed by atoms with E-state index in [1.807, 2.05) is 42.5 Å². The van der Waals surface area contributed by atoms with Crippen molar-refractivity contribution in [2.45, 2.75) is 16.6 Å². The number of nitrogens with zero attached hydrogens (tertiary/aromatic N) is 1. The molecule has 0 spiro atoms. The van der Waals surface area contributed by atoms with Gasteiger partial charge in [0.05, 0.1) is 5.75 Å². The topological polar surface area (TPSA) is 76.8 Å². The van der Waals surface area contributed by atoms with Crippen molar-refractivity contribution >= 4 is 38.5 Å². The maximum Gasteiger partial charge on any atom is 0.316 e. The number of thioether (sulfide) groups is 1. The second kappa shape index (κ2) is 8.16. The highest BCUT2D eigenvalue weighted by Crippen LogP contribution is 2.24. The van der Waals surface area contributed by atoms with Crippen LogP contribution in [0.1, 0.15) is 5.76 Å². The lowest BCUT2D eigenvalue weighted by Gasteiger charge is -2.08. The van der Waals surface area contributed by atoms with E-state index in [-0.39, 0.29) is 23.2 Å². The summed E-state index contributed by atoms with van der Waals surface area (Å²) in [7, 11) is -0.800. The first-order valence-electron chi connectivity index (χ1n) is 8.15. The normalized spacial score (nSPS) is 11.8. The van der Waals surface area contributed by atoms with E-state index < -0.39 is 16.0 Å². The van der Waals surface area contributed by atoms with E-state index in [2.05, 4.69) is 0 Å². The predicted octanol–water partition coefficient (Wildman–Crippen LogP) is 3.52. The van der Waals surface area contributed by atoms with E-state index in [9.17, 15) is 13.2 Å². The second-order valence-corrected chi connectivity index (χ2v) is 9.10. The van der Waals surface area contributed by atoms with Crippen LogP contribution in [0.25, 0.3) is 10.8 Å². The summed E-state index contributed by atoms with van der Waals surface area (Å²) in [6, 6.07) is 16.8. The third kappa shape index (κ3) is 4.71. The molecule has 0 radical (unpaired) electrons. The number of furan rings is 1. The summed E-state index contributed by atoms with van der Waals surface area (Å²) in [6.07, 6.45) is 0. The molecule has 0 N–H and O–H groups in total. The molecule has 8 heteroatoms. The van der Waals surface area contributed by atoms with Crippen molar-refractivity contribution < 1.29 is 22.4 Å². The van der Waals surface area contributed by atoms with Crippen LogP contribution in [0.5, 0.6) is 0 Å². The molecule has 0 unspecified atom stereocenters. The van der Waals surface area contributed by atoms with Gasteiger partial charge in [0.2, 0.25) is 5.09 Å². The number of esters is 1. The first kappa shape index (κ1) is 19.5. The number of rotatable bonds is 7. The lowest BCUT2D eigenvalue weighted by molar-refractivity contribution is -0.142. The van der Waals surface area contributed by atoms with Crippen LogP contribution >= 0.6 is 11.8 Å². The molecule has 142 valence electrons. The van der Waals surface area contributed by atoms with Crippen LogP contribution in [0.15, 0.2) is 69.0 Å². The van der Waals surface area contributed by atoms with Gasteiger partial charge in [0.1, 0.15) is 12.4 Å². The number of sulfonamides is 1. The van der Waals surface area contributed by atoms with Gasteiger partial charge in [-0.05, 0) is 35.0 Å². The van der Waals surface area contributed by atoms with Gasteiger partial charge in [-0.2, -0.15) is 0 Å². The third-order valence-electron chi connectivity index (χ3n) is 3.82. The van der Waals surface area contributed by atoms with E-state index in [0.717, 1.165) is 20.0 Å². The molecule has 3 rings (SSSR count).